The van der Waals surface area contributed by atoms with E-state index in [9.17, 15) is 9.90 Å². The molecule has 1 unspecified atom stereocenters. The molecular weight excluding hydrogens is 262 g/mol. The fraction of sp³-hybridized carbons (Fsp3) is 0.385. The Morgan fingerprint density at radius 1 is 1.42 bits per heavy atom. The van der Waals surface area contributed by atoms with E-state index in [-0.39, 0.29) is 5.69 Å². The third kappa shape index (κ3) is 3.48. The minimum atomic E-state index is -0.562. The van der Waals surface area contributed by atoms with Gasteiger partial charge in [-0.2, -0.15) is 0 Å². The molecule has 1 aromatic carbocycles. The third-order valence-electron chi connectivity index (χ3n) is 2.73. The fourth-order valence-electron chi connectivity index (χ4n) is 1.76. The van der Waals surface area contributed by atoms with Gasteiger partial charge < -0.3 is 5.11 Å². The minimum Gasteiger partial charge on any atom is -0.388 e. The molecule has 2 aromatic rings. The van der Waals surface area contributed by atoms with Gasteiger partial charge in [0.05, 0.1) is 6.10 Å². The normalized spacial score (nSPS) is 12.5. The van der Waals surface area contributed by atoms with Crippen LogP contribution in [0.1, 0.15) is 25.0 Å². The number of nitrogens with one attached hydrogen (secondary N) is 1. The van der Waals surface area contributed by atoms with Crippen molar-refractivity contribution in [2.45, 2.75) is 31.1 Å². The molecule has 5 nitrogen and oxygen atoms in total. The molecule has 0 aliphatic carbocycles. The lowest BCUT2D eigenvalue weighted by Crippen LogP contribution is -2.17. The minimum absolute atomic E-state index is 0.196. The zero-order valence-electron chi connectivity index (χ0n) is 10.7. The average Bonchev–Trinajstić information content (AvgIpc) is 2.79. The average molecular weight is 279 g/mol. The Morgan fingerprint density at radius 3 is 2.84 bits per heavy atom. The van der Waals surface area contributed by atoms with Gasteiger partial charge in [0.1, 0.15) is 0 Å². The van der Waals surface area contributed by atoms with Crippen molar-refractivity contribution in [2.75, 3.05) is 5.75 Å². The van der Waals surface area contributed by atoms with Gasteiger partial charge >= 0.3 is 5.69 Å². The van der Waals surface area contributed by atoms with Crippen LogP contribution in [0, 0.1) is 0 Å². The van der Waals surface area contributed by atoms with Crippen LogP contribution in [0.4, 0.5) is 0 Å². The number of rotatable bonds is 6. The van der Waals surface area contributed by atoms with E-state index in [1.54, 1.807) is 4.57 Å². The summed E-state index contributed by atoms with van der Waals surface area (Å²) in [6.07, 6.45) is 0.307. The third-order valence-corrected chi connectivity index (χ3v) is 3.78. The quantitative estimate of drug-likeness (QED) is 0.791. The molecule has 0 amide bonds. The summed E-state index contributed by atoms with van der Waals surface area (Å²) >= 11 is 1.38. The van der Waals surface area contributed by atoms with Gasteiger partial charge in [0.2, 0.25) is 0 Å². The molecule has 1 atom stereocenters. The first kappa shape index (κ1) is 13.9. The van der Waals surface area contributed by atoms with Crippen LogP contribution in [0.2, 0.25) is 0 Å². The van der Waals surface area contributed by atoms with Crippen molar-refractivity contribution in [3.8, 4) is 0 Å². The number of hydrogen-bond donors (Lipinski definition) is 2. The van der Waals surface area contributed by atoms with E-state index < -0.39 is 6.10 Å². The van der Waals surface area contributed by atoms with Crippen LogP contribution in [0.3, 0.4) is 0 Å². The first-order chi connectivity index (χ1) is 9.22. The topological polar surface area (TPSA) is 70.9 Å². The molecule has 0 spiro atoms. The van der Waals surface area contributed by atoms with E-state index in [0.717, 1.165) is 12.0 Å². The largest absolute Gasteiger partial charge is 0.388 e. The number of hydrogen-bond acceptors (Lipinski definition) is 4. The molecule has 19 heavy (non-hydrogen) atoms. The fourth-order valence-corrected chi connectivity index (χ4v) is 2.70. The Labute approximate surface area is 115 Å². The molecule has 0 aliphatic heterocycles. The summed E-state index contributed by atoms with van der Waals surface area (Å²) in [6.45, 7) is 2.64. The molecule has 6 heteroatoms. The number of aliphatic hydroxyl groups is 1. The van der Waals surface area contributed by atoms with Crippen LogP contribution in [-0.2, 0) is 6.54 Å². The summed E-state index contributed by atoms with van der Waals surface area (Å²) < 4.78 is 1.60. The Bertz CT molecular complexity index is 565. The summed E-state index contributed by atoms with van der Waals surface area (Å²) in [5, 5.41) is 17.1. The van der Waals surface area contributed by atoms with Crippen molar-refractivity contribution in [1.29, 1.82) is 0 Å². The maximum Gasteiger partial charge on any atom is 0.343 e. The van der Waals surface area contributed by atoms with Crippen LogP contribution >= 0.6 is 11.8 Å². The molecule has 0 radical (unpaired) electrons. The molecule has 0 saturated heterocycles. The van der Waals surface area contributed by atoms with Crippen LogP contribution in [0.15, 0.2) is 40.3 Å². The number of thioether (sulfide) groups is 1. The van der Waals surface area contributed by atoms with Gasteiger partial charge in [0.15, 0.2) is 5.16 Å². The van der Waals surface area contributed by atoms with Gasteiger partial charge in [-0.1, -0.05) is 49.0 Å². The van der Waals surface area contributed by atoms with Crippen molar-refractivity contribution < 1.29 is 5.11 Å². The first-order valence-electron chi connectivity index (χ1n) is 6.23. The van der Waals surface area contributed by atoms with Gasteiger partial charge in [0.25, 0.3) is 0 Å². The second-order valence-electron chi connectivity index (χ2n) is 4.20. The zero-order valence-corrected chi connectivity index (χ0v) is 11.6. The van der Waals surface area contributed by atoms with E-state index in [4.69, 9.17) is 0 Å². The molecule has 1 aromatic heterocycles. The molecule has 0 saturated carbocycles. The van der Waals surface area contributed by atoms with Crippen LogP contribution in [0.5, 0.6) is 0 Å². The molecule has 0 aliphatic rings. The van der Waals surface area contributed by atoms with Crippen molar-refractivity contribution in [3.63, 3.8) is 0 Å². The smallest absolute Gasteiger partial charge is 0.343 e. The molecule has 1 heterocycles. The van der Waals surface area contributed by atoms with E-state index in [0.29, 0.717) is 17.5 Å². The van der Waals surface area contributed by atoms with Gasteiger partial charge in [-0.25, -0.2) is 9.89 Å². The monoisotopic (exact) mass is 279 g/mol. The second kappa shape index (κ2) is 6.58. The van der Waals surface area contributed by atoms with E-state index in [1.165, 1.54) is 11.8 Å². The molecule has 0 bridgehead atoms. The number of aromatic amines is 1. The highest BCUT2D eigenvalue weighted by molar-refractivity contribution is 7.99. The lowest BCUT2D eigenvalue weighted by molar-refractivity contribution is 0.204. The summed E-state index contributed by atoms with van der Waals surface area (Å²) in [6, 6.07) is 9.47. The van der Waals surface area contributed by atoms with Crippen LogP contribution < -0.4 is 5.69 Å². The van der Waals surface area contributed by atoms with Gasteiger partial charge in [-0.15, -0.1) is 5.10 Å². The highest BCUT2D eigenvalue weighted by atomic mass is 32.2. The Morgan fingerprint density at radius 2 is 2.16 bits per heavy atom. The van der Waals surface area contributed by atoms with Crippen molar-refractivity contribution in [2.24, 2.45) is 0 Å². The van der Waals surface area contributed by atoms with Crippen LogP contribution in [0.25, 0.3) is 0 Å². The Hall–Kier alpha value is -1.53. The summed E-state index contributed by atoms with van der Waals surface area (Å²) in [5.41, 5.74) is 0.675. The van der Waals surface area contributed by atoms with E-state index in [2.05, 4.69) is 10.2 Å². The SMILES string of the molecule is CCCn1c(SCC(O)c2ccccc2)n[nH]c1=O. The molecule has 2 N–H and O–H groups in total. The van der Waals surface area contributed by atoms with Gasteiger partial charge in [0, 0.05) is 12.3 Å². The van der Waals surface area contributed by atoms with E-state index in [1.807, 2.05) is 37.3 Å². The lowest BCUT2D eigenvalue weighted by atomic mass is 10.1. The van der Waals surface area contributed by atoms with E-state index >= 15 is 0 Å². The Kier molecular flexibility index (Phi) is 4.81. The summed E-state index contributed by atoms with van der Waals surface area (Å²) in [4.78, 5) is 11.5. The molecule has 0 fully saturated rings. The maximum absolute atomic E-state index is 11.5. The maximum atomic E-state index is 11.5. The predicted molar refractivity (Wildman–Crippen MR) is 75.3 cm³/mol. The number of benzene rings is 1. The van der Waals surface area contributed by atoms with Gasteiger partial charge in [-0.05, 0) is 12.0 Å². The van der Waals surface area contributed by atoms with Crippen molar-refractivity contribution >= 4 is 11.8 Å². The highest BCUT2D eigenvalue weighted by Crippen LogP contribution is 2.22. The molecular formula is C13H17N3O2S. The molecule has 102 valence electrons. The van der Waals surface area contributed by atoms with Crippen molar-refractivity contribution in [3.05, 3.63) is 46.4 Å². The number of nitrogens with zero attached hydrogens (tertiary/aromatic N) is 2. The number of aromatic nitrogens is 3. The molecule has 2 rings (SSSR count). The number of H-pyrrole nitrogens is 1. The van der Waals surface area contributed by atoms with Gasteiger partial charge in [-0.3, -0.25) is 4.57 Å². The summed E-state index contributed by atoms with van der Waals surface area (Å²) in [5.74, 6) is 0.470. The Balaban J connectivity index is 2.01. The standard InChI is InChI=1S/C13H17N3O2S/c1-2-8-16-12(18)14-15-13(16)19-9-11(17)10-6-4-3-5-7-10/h3-7,11,17H,2,8-9H2,1H3,(H,14,18). The lowest BCUT2D eigenvalue weighted by Gasteiger charge is -2.10. The van der Waals surface area contributed by atoms with Crippen molar-refractivity contribution in [1.82, 2.24) is 14.8 Å². The first-order valence-corrected chi connectivity index (χ1v) is 7.22. The summed E-state index contributed by atoms with van der Waals surface area (Å²) in [7, 11) is 0. The number of aliphatic hydroxyl groups excluding tert-OH is 1. The predicted octanol–water partition coefficient (Wildman–Crippen LogP) is 1.81. The second-order valence-corrected chi connectivity index (χ2v) is 5.19. The zero-order chi connectivity index (χ0) is 13.7. The van der Waals surface area contributed by atoms with Crippen LogP contribution in [-0.4, -0.2) is 25.6 Å². The highest BCUT2D eigenvalue weighted by Gasteiger charge is 2.12.